The molecule has 0 bridgehead atoms. The van der Waals surface area contributed by atoms with Gasteiger partial charge in [-0.25, -0.2) is 0 Å². The van der Waals surface area contributed by atoms with Crippen molar-refractivity contribution >= 4 is 16.9 Å². The summed E-state index contributed by atoms with van der Waals surface area (Å²) in [5.41, 5.74) is 1.56. The summed E-state index contributed by atoms with van der Waals surface area (Å²) in [7, 11) is 0. The molecule has 1 aromatic carbocycles. The highest BCUT2D eigenvalue weighted by atomic mass is 16.3. The second-order valence-corrected chi connectivity index (χ2v) is 8.73. The van der Waals surface area contributed by atoms with Crippen molar-refractivity contribution in [3.63, 3.8) is 0 Å². The van der Waals surface area contributed by atoms with Crippen molar-refractivity contribution < 1.29 is 13.6 Å². The highest BCUT2D eigenvalue weighted by Crippen LogP contribution is 2.36. The summed E-state index contributed by atoms with van der Waals surface area (Å²) >= 11 is 0. The first kappa shape index (κ1) is 18.8. The zero-order chi connectivity index (χ0) is 19.7. The van der Waals surface area contributed by atoms with Crippen LogP contribution in [-0.2, 0) is 0 Å². The zero-order valence-corrected chi connectivity index (χ0v) is 16.8. The van der Waals surface area contributed by atoms with Gasteiger partial charge in [-0.3, -0.25) is 4.79 Å². The minimum atomic E-state index is 0.0115. The van der Waals surface area contributed by atoms with Gasteiger partial charge in [0, 0.05) is 24.5 Å². The van der Waals surface area contributed by atoms with Gasteiger partial charge in [0.1, 0.15) is 17.6 Å². The lowest BCUT2D eigenvalue weighted by Crippen LogP contribution is -2.47. The van der Waals surface area contributed by atoms with E-state index in [-0.39, 0.29) is 17.4 Å². The Bertz CT molecular complexity index is 895. The van der Waals surface area contributed by atoms with E-state index < -0.39 is 0 Å². The van der Waals surface area contributed by atoms with Gasteiger partial charge in [0.25, 0.3) is 5.91 Å². The van der Waals surface area contributed by atoms with Crippen LogP contribution >= 0.6 is 0 Å². The molecule has 3 heterocycles. The lowest BCUT2D eigenvalue weighted by atomic mass is 9.84. The van der Waals surface area contributed by atoms with Gasteiger partial charge in [0.05, 0.1) is 17.9 Å². The van der Waals surface area contributed by atoms with Crippen molar-refractivity contribution in [2.75, 3.05) is 13.1 Å². The molecule has 1 aliphatic heterocycles. The smallest absolute Gasteiger partial charge is 0.257 e. The van der Waals surface area contributed by atoms with Crippen LogP contribution in [0.3, 0.4) is 0 Å². The van der Waals surface area contributed by atoms with E-state index in [9.17, 15) is 4.79 Å². The lowest BCUT2D eigenvalue weighted by molar-refractivity contribution is 0.0689. The molecule has 1 atom stereocenters. The van der Waals surface area contributed by atoms with E-state index in [1.807, 2.05) is 23.1 Å². The third-order valence-corrected chi connectivity index (χ3v) is 5.55. The second-order valence-electron chi connectivity index (χ2n) is 8.73. The molecular weight excluding hydrogens is 352 g/mol. The number of carbonyl (C=O) groups is 1. The predicted molar refractivity (Wildman–Crippen MR) is 109 cm³/mol. The quantitative estimate of drug-likeness (QED) is 0.691. The zero-order valence-electron chi connectivity index (χ0n) is 16.8. The van der Waals surface area contributed by atoms with Crippen LogP contribution in [-0.4, -0.2) is 29.9 Å². The van der Waals surface area contributed by atoms with Crippen LogP contribution in [0.5, 0.6) is 0 Å². The minimum Gasteiger partial charge on any atom is -0.472 e. The Morgan fingerprint density at radius 1 is 1.18 bits per heavy atom. The van der Waals surface area contributed by atoms with E-state index in [0.29, 0.717) is 11.6 Å². The average Bonchev–Trinajstić information content (AvgIpc) is 3.34. The summed E-state index contributed by atoms with van der Waals surface area (Å²) in [6.07, 6.45) is 4.92. The number of furan rings is 2. The summed E-state index contributed by atoms with van der Waals surface area (Å²) in [6.45, 7) is 8.19. The summed E-state index contributed by atoms with van der Waals surface area (Å²) in [5, 5.41) is 4.95. The molecule has 148 valence electrons. The van der Waals surface area contributed by atoms with Crippen LogP contribution < -0.4 is 5.32 Å². The molecule has 0 unspecified atom stereocenters. The number of rotatable bonds is 4. The Morgan fingerprint density at radius 2 is 1.93 bits per heavy atom. The van der Waals surface area contributed by atoms with Gasteiger partial charge in [-0.1, -0.05) is 39.0 Å². The fraction of sp³-hybridized carbons (Fsp3) is 0.435. The molecule has 0 aliphatic carbocycles. The molecule has 28 heavy (non-hydrogen) atoms. The first-order chi connectivity index (χ1) is 13.4. The first-order valence-corrected chi connectivity index (χ1v) is 9.98. The number of hydrogen-bond acceptors (Lipinski definition) is 4. The van der Waals surface area contributed by atoms with Gasteiger partial charge in [0.15, 0.2) is 0 Å². The minimum absolute atomic E-state index is 0.0115. The molecular formula is C23H28N2O3. The fourth-order valence-corrected chi connectivity index (χ4v) is 3.96. The largest absolute Gasteiger partial charge is 0.472 e. The van der Waals surface area contributed by atoms with Crippen molar-refractivity contribution in [1.82, 2.24) is 10.2 Å². The Hall–Kier alpha value is -2.53. The normalized spacial score (nSPS) is 17.2. The summed E-state index contributed by atoms with van der Waals surface area (Å²) in [6, 6.07) is 12.5. The highest BCUT2D eigenvalue weighted by molar-refractivity contribution is 5.93. The molecule has 5 heteroatoms. The number of hydrogen-bond donors (Lipinski definition) is 1. The lowest BCUT2D eigenvalue weighted by Gasteiger charge is -2.38. The molecule has 1 saturated heterocycles. The maximum atomic E-state index is 12.5. The van der Waals surface area contributed by atoms with Crippen LogP contribution in [0.25, 0.3) is 11.0 Å². The molecule has 5 nitrogen and oxygen atoms in total. The molecule has 1 fully saturated rings. The van der Waals surface area contributed by atoms with Crippen molar-refractivity contribution in [2.24, 2.45) is 5.41 Å². The van der Waals surface area contributed by atoms with Crippen LogP contribution in [0.1, 0.15) is 55.8 Å². The number of piperidine rings is 1. The van der Waals surface area contributed by atoms with Gasteiger partial charge in [-0.2, -0.15) is 0 Å². The Morgan fingerprint density at radius 3 is 2.57 bits per heavy atom. The summed E-state index contributed by atoms with van der Waals surface area (Å²) in [5.74, 6) is 1.03. The maximum absolute atomic E-state index is 12.5. The molecule has 0 saturated carbocycles. The van der Waals surface area contributed by atoms with Crippen molar-refractivity contribution in [3.8, 4) is 0 Å². The Labute approximate surface area is 165 Å². The van der Waals surface area contributed by atoms with Gasteiger partial charge in [0.2, 0.25) is 0 Å². The van der Waals surface area contributed by atoms with Crippen LogP contribution in [0.15, 0.2) is 57.8 Å². The highest BCUT2D eigenvalue weighted by Gasteiger charge is 2.33. The number of likely N-dealkylation sites (tertiary alicyclic amines) is 1. The molecule has 1 N–H and O–H groups in total. The topological polar surface area (TPSA) is 58.6 Å². The number of fused-ring (bicyclic) bond motifs is 1. The fourth-order valence-electron chi connectivity index (χ4n) is 3.96. The molecule has 4 rings (SSSR count). The Balaban J connectivity index is 1.44. The van der Waals surface area contributed by atoms with E-state index >= 15 is 0 Å². The van der Waals surface area contributed by atoms with Crippen molar-refractivity contribution in [3.05, 3.63) is 60.2 Å². The van der Waals surface area contributed by atoms with Crippen LogP contribution in [0.4, 0.5) is 0 Å². The third-order valence-electron chi connectivity index (χ3n) is 5.55. The maximum Gasteiger partial charge on any atom is 0.257 e. The van der Waals surface area contributed by atoms with Crippen molar-refractivity contribution in [1.29, 1.82) is 0 Å². The molecule has 1 aliphatic rings. The second kappa shape index (κ2) is 7.47. The number of nitrogens with zero attached hydrogens (tertiary/aromatic N) is 1. The summed E-state index contributed by atoms with van der Waals surface area (Å²) in [4.78, 5) is 14.4. The van der Waals surface area contributed by atoms with Crippen LogP contribution in [0.2, 0.25) is 0 Å². The number of para-hydroxylation sites is 1. The van der Waals surface area contributed by atoms with E-state index in [2.05, 4.69) is 38.2 Å². The van der Waals surface area contributed by atoms with Gasteiger partial charge in [-0.05, 0) is 36.5 Å². The number of amides is 1. The summed E-state index contributed by atoms with van der Waals surface area (Å²) < 4.78 is 11.2. The van der Waals surface area contributed by atoms with Gasteiger partial charge < -0.3 is 19.1 Å². The van der Waals surface area contributed by atoms with Gasteiger partial charge >= 0.3 is 0 Å². The SMILES string of the molecule is CC(C)(C)[C@@H](NC1CCN(C(=O)c2ccoc2)CC1)c1cc2ccccc2o1. The standard InChI is InChI=1S/C23H28N2O3/c1-23(2,3)21(20-14-16-6-4-5-7-19(16)28-20)24-18-8-11-25(12-9-18)22(26)17-10-13-27-15-17/h4-7,10,13-15,18,21,24H,8-9,11-12H2,1-3H3/t21-/m0/s1. The monoisotopic (exact) mass is 380 g/mol. The molecule has 3 aromatic rings. The third kappa shape index (κ3) is 3.85. The molecule has 2 aromatic heterocycles. The Kier molecular flexibility index (Phi) is 5.02. The van der Waals surface area contributed by atoms with E-state index in [1.165, 1.54) is 6.26 Å². The molecule has 1 amide bonds. The molecule has 0 radical (unpaired) electrons. The van der Waals surface area contributed by atoms with Gasteiger partial charge in [-0.15, -0.1) is 0 Å². The number of nitrogens with one attached hydrogen (secondary N) is 1. The molecule has 0 spiro atoms. The predicted octanol–water partition coefficient (Wildman–Crippen LogP) is 5.01. The van der Waals surface area contributed by atoms with Crippen LogP contribution in [0, 0.1) is 5.41 Å². The van der Waals surface area contributed by atoms with Crippen molar-refractivity contribution in [2.45, 2.75) is 45.7 Å². The van der Waals surface area contributed by atoms with E-state index in [4.69, 9.17) is 8.83 Å². The average molecular weight is 380 g/mol. The van der Waals surface area contributed by atoms with E-state index in [1.54, 1.807) is 12.3 Å². The number of carbonyl (C=O) groups excluding carboxylic acids is 1. The first-order valence-electron chi connectivity index (χ1n) is 9.98. The van der Waals surface area contributed by atoms with E-state index in [0.717, 1.165) is 42.7 Å². The number of benzene rings is 1.